The van der Waals surface area contributed by atoms with Crippen LogP contribution in [-0.2, 0) is 4.79 Å². The van der Waals surface area contributed by atoms with Crippen LogP contribution in [0.3, 0.4) is 0 Å². The Labute approximate surface area is 124 Å². The van der Waals surface area contributed by atoms with E-state index in [9.17, 15) is 9.18 Å². The first-order chi connectivity index (χ1) is 9.58. The number of hydrogen-bond donors (Lipinski definition) is 2. The van der Waals surface area contributed by atoms with Crippen molar-refractivity contribution >= 4 is 23.2 Å². The molecule has 20 heavy (non-hydrogen) atoms. The van der Waals surface area contributed by atoms with Gasteiger partial charge in [0.1, 0.15) is 5.82 Å². The highest BCUT2D eigenvalue weighted by Crippen LogP contribution is 2.18. The summed E-state index contributed by atoms with van der Waals surface area (Å²) in [6.07, 6.45) is 4.79. The number of nitrogens with one attached hydrogen (secondary N) is 2. The van der Waals surface area contributed by atoms with Crippen LogP contribution in [0.15, 0.2) is 18.2 Å². The second-order valence-corrected chi connectivity index (χ2v) is 5.84. The minimum atomic E-state index is -0.496. The summed E-state index contributed by atoms with van der Waals surface area (Å²) in [5.74, 6) is -0.632. The molecular weight excluding hydrogens is 279 g/mol. The summed E-state index contributed by atoms with van der Waals surface area (Å²) in [4.78, 5) is 13.5. The van der Waals surface area contributed by atoms with E-state index in [2.05, 4.69) is 5.32 Å². The van der Waals surface area contributed by atoms with Gasteiger partial charge in [-0.2, -0.15) is 0 Å². The van der Waals surface area contributed by atoms with Gasteiger partial charge in [-0.3, -0.25) is 4.79 Å². The van der Waals surface area contributed by atoms with E-state index in [1.165, 1.54) is 29.9 Å². The van der Waals surface area contributed by atoms with Crippen molar-refractivity contribution in [3.05, 3.63) is 29.0 Å². The second kappa shape index (κ2) is 7.04. The lowest BCUT2D eigenvalue weighted by Crippen LogP contribution is -3.16. The van der Waals surface area contributed by atoms with Crippen LogP contribution in [-0.4, -0.2) is 25.0 Å². The van der Waals surface area contributed by atoms with E-state index in [1.54, 1.807) is 6.07 Å². The molecule has 110 valence electrons. The number of anilines is 1. The van der Waals surface area contributed by atoms with Crippen molar-refractivity contribution in [3.8, 4) is 0 Å². The van der Waals surface area contributed by atoms with Gasteiger partial charge in [0.2, 0.25) is 0 Å². The number of carbonyl (C=O) groups is 1. The van der Waals surface area contributed by atoms with Gasteiger partial charge in [-0.15, -0.1) is 0 Å². The van der Waals surface area contributed by atoms with Crippen LogP contribution in [0.4, 0.5) is 10.1 Å². The first-order valence-electron chi connectivity index (χ1n) is 7.18. The molecule has 1 aliphatic rings. The lowest BCUT2D eigenvalue weighted by atomic mass is 10.2. The molecule has 0 aromatic heterocycles. The third kappa shape index (κ3) is 3.93. The molecule has 2 N–H and O–H groups in total. The summed E-state index contributed by atoms with van der Waals surface area (Å²) >= 11 is 5.70. The molecule has 1 atom stereocenters. The SMILES string of the molecule is C[C@H](C(=O)Nc1ccc(Cl)cc1F)[NH+]1CCCCCC1. The zero-order valence-electron chi connectivity index (χ0n) is 11.7. The van der Waals surface area contributed by atoms with Gasteiger partial charge in [0.25, 0.3) is 5.91 Å². The molecule has 1 amide bonds. The predicted molar refractivity (Wildman–Crippen MR) is 78.7 cm³/mol. The van der Waals surface area contributed by atoms with Crippen LogP contribution >= 0.6 is 11.6 Å². The third-order valence-electron chi connectivity index (χ3n) is 3.94. The Kier molecular flexibility index (Phi) is 5.38. The van der Waals surface area contributed by atoms with Crippen LogP contribution in [0.1, 0.15) is 32.6 Å². The summed E-state index contributed by atoms with van der Waals surface area (Å²) in [5, 5.41) is 2.99. The summed E-state index contributed by atoms with van der Waals surface area (Å²) in [6.45, 7) is 3.93. The van der Waals surface area contributed by atoms with Gasteiger partial charge in [0, 0.05) is 5.02 Å². The third-order valence-corrected chi connectivity index (χ3v) is 4.18. The Morgan fingerprint density at radius 3 is 2.55 bits per heavy atom. The molecule has 0 bridgehead atoms. The van der Waals surface area contributed by atoms with Gasteiger partial charge in [-0.1, -0.05) is 11.6 Å². The van der Waals surface area contributed by atoms with E-state index in [-0.39, 0.29) is 17.6 Å². The molecule has 2 rings (SSSR count). The highest BCUT2D eigenvalue weighted by molar-refractivity contribution is 6.30. The van der Waals surface area contributed by atoms with Crippen LogP contribution in [0.25, 0.3) is 0 Å². The number of quaternary nitrogens is 1. The van der Waals surface area contributed by atoms with Gasteiger partial charge in [-0.25, -0.2) is 4.39 Å². The highest BCUT2D eigenvalue weighted by atomic mass is 35.5. The van der Waals surface area contributed by atoms with Crippen LogP contribution in [0.2, 0.25) is 5.02 Å². The fraction of sp³-hybridized carbons (Fsp3) is 0.533. The molecular formula is C15H21ClFN2O+. The molecule has 1 aliphatic heterocycles. The average Bonchev–Trinajstić information content (AvgIpc) is 2.70. The first-order valence-corrected chi connectivity index (χ1v) is 7.56. The quantitative estimate of drug-likeness (QED) is 0.882. The Bertz CT molecular complexity index is 473. The van der Waals surface area contributed by atoms with E-state index >= 15 is 0 Å². The summed E-state index contributed by atoms with van der Waals surface area (Å²) < 4.78 is 13.7. The number of hydrogen-bond acceptors (Lipinski definition) is 1. The molecule has 1 heterocycles. The lowest BCUT2D eigenvalue weighted by Gasteiger charge is -2.23. The van der Waals surface area contributed by atoms with Crippen molar-refractivity contribution in [2.45, 2.75) is 38.6 Å². The summed E-state index contributed by atoms with van der Waals surface area (Å²) in [6, 6.07) is 4.12. The van der Waals surface area contributed by atoms with E-state index in [0.717, 1.165) is 25.9 Å². The predicted octanol–water partition coefficient (Wildman–Crippen LogP) is 2.27. The highest BCUT2D eigenvalue weighted by Gasteiger charge is 2.26. The van der Waals surface area contributed by atoms with Crippen molar-refractivity contribution in [3.63, 3.8) is 0 Å². The standard InChI is InChI=1S/C15H20ClFN2O/c1-11(19-8-4-2-3-5-9-19)15(20)18-14-7-6-12(16)10-13(14)17/h6-7,10-11H,2-5,8-9H2,1H3,(H,18,20)/p+1/t11-/m1/s1. The minimum absolute atomic E-state index is 0.136. The second-order valence-electron chi connectivity index (χ2n) is 5.41. The van der Waals surface area contributed by atoms with Crippen molar-refractivity contribution in [1.29, 1.82) is 0 Å². The van der Waals surface area contributed by atoms with Gasteiger partial charge in [-0.05, 0) is 50.8 Å². The van der Waals surface area contributed by atoms with Crippen molar-refractivity contribution < 1.29 is 14.1 Å². The Morgan fingerprint density at radius 1 is 1.30 bits per heavy atom. The van der Waals surface area contributed by atoms with Crippen LogP contribution in [0.5, 0.6) is 0 Å². The van der Waals surface area contributed by atoms with Crippen molar-refractivity contribution in [1.82, 2.24) is 0 Å². The van der Waals surface area contributed by atoms with Gasteiger partial charge >= 0.3 is 0 Å². The molecule has 0 saturated carbocycles. The van der Waals surface area contributed by atoms with E-state index in [1.807, 2.05) is 6.92 Å². The maximum Gasteiger partial charge on any atom is 0.282 e. The van der Waals surface area contributed by atoms with Crippen LogP contribution < -0.4 is 10.2 Å². The number of likely N-dealkylation sites (tertiary alicyclic amines) is 1. The average molecular weight is 300 g/mol. The molecule has 3 nitrogen and oxygen atoms in total. The maximum atomic E-state index is 13.7. The fourth-order valence-corrected chi connectivity index (χ4v) is 2.79. The summed E-state index contributed by atoms with van der Waals surface area (Å²) in [7, 11) is 0. The normalized spacial score (nSPS) is 18.4. The zero-order chi connectivity index (χ0) is 14.5. The first kappa shape index (κ1) is 15.3. The number of rotatable bonds is 3. The molecule has 0 aliphatic carbocycles. The topological polar surface area (TPSA) is 33.5 Å². The van der Waals surface area contributed by atoms with Gasteiger partial charge in [0.15, 0.2) is 6.04 Å². The molecule has 0 radical (unpaired) electrons. The summed E-state index contributed by atoms with van der Waals surface area (Å²) in [5.41, 5.74) is 0.195. The molecule has 0 spiro atoms. The van der Waals surface area contributed by atoms with Gasteiger partial charge in [0.05, 0.1) is 18.8 Å². The number of carbonyl (C=O) groups excluding carboxylic acids is 1. The largest absolute Gasteiger partial charge is 0.325 e. The van der Waals surface area contributed by atoms with E-state index in [4.69, 9.17) is 11.6 Å². The number of halogens is 2. The molecule has 1 saturated heterocycles. The monoisotopic (exact) mass is 299 g/mol. The molecule has 5 heteroatoms. The zero-order valence-corrected chi connectivity index (χ0v) is 12.5. The molecule has 0 unspecified atom stereocenters. The Balaban J connectivity index is 1.99. The molecule has 1 fully saturated rings. The number of benzene rings is 1. The lowest BCUT2D eigenvalue weighted by molar-refractivity contribution is -0.913. The van der Waals surface area contributed by atoms with Crippen LogP contribution in [0, 0.1) is 5.82 Å². The maximum absolute atomic E-state index is 13.7. The fourth-order valence-electron chi connectivity index (χ4n) is 2.63. The number of amides is 1. The van der Waals surface area contributed by atoms with Gasteiger partial charge < -0.3 is 10.2 Å². The van der Waals surface area contributed by atoms with E-state index < -0.39 is 5.82 Å². The Hall–Kier alpha value is -1.13. The van der Waals surface area contributed by atoms with E-state index in [0.29, 0.717) is 5.02 Å². The Morgan fingerprint density at radius 2 is 1.95 bits per heavy atom. The molecule has 1 aromatic carbocycles. The van der Waals surface area contributed by atoms with Crippen molar-refractivity contribution in [2.75, 3.05) is 18.4 Å². The minimum Gasteiger partial charge on any atom is -0.325 e. The smallest absolute Gasteiger partial charge is 0.282 e. The van der Waals surface area contributed by atoms with Crippen molar-refractivity contribution in [2.24, 2.45) is 0 Å². The molecule has 1 aromatic rings.